The van der Waals surface area contributed by atoms with E-state index in [0.717, 1.165) is 18.2 Å². The number of benzene rings is 5. The summed E-state index contributed by atoms with van der Waals surface area (Å²) in [6.07, 6.45) is 0. The molecule has 18 heteroatoms. The number of carboxylic acid groups (broad SMARTS) is 1. The van der Waals surface area contributed by atoms with Crippen LogP contribution in [0.25, 0.3) is 43.3 Å². The number of phenols is 2. The van der Waals surface area contributed by atoms with E-state index in [1.165, 1.54) is 36.4 Å². The van der Waals surface area contributed by atoms with Crippen molar-refractivity contribution in [3.63, 3.8) is 0 Å². The van der Waals surface area contributed by atoms with Gasteiger partial charge in [0, 0.05) is 49.8 Å². The number of hydrogen-bond donors (Lipinski definition) is 6. The number of phenolic OH excluding ortho intramolecular Hbond substituents is 2. The van der Waals surface area contributed by atoms with Gasteiger partial charge in [0.25, 0.3) is 30.4 Å². The average Bonchev–Trinajstić information content (AvgIpc) is 2.90. The third kappa shape index (κ3) is 5.25. The summed E-state index contributed by atoms with van der Waals surface area (Å²) in [5.74, 6) is -1.96. The smallest absolute Gasteiger partial charge is 0.351 e. The maximum absolute atomic E-state index is 11.8. The number of rotatable bonds is 4. The van der Waals surface area contributed by atoms with Gasteiger partial charge in [-0.05, 0) is 30.3 Å². The highest BCUT2D eigenvalue weighted by molar-refractivity contribution is 7.87. The van der Waals surface area contributed by atoms with E-state index in [4.69, 9.17) is 14.6 Å². The van der Waals surface area contributed by atoms with Gasteiger partial charge < -0.3 is 19.7 Å². The molecule has 0 spiro atoms. The fourth-order valence-electron chi connectivity index (χ4n) is 4.77. The first-order valence-electron chi connectivity index (χ1n) is 11.7. The quantitative estimate of drug-likeness (QED) is 0.0897. The lowest BCUT2D eigenvalue weighted by Crippen LogP contribution is -2.12. The number of carbonyl (C=O) groups is 1. The van der Waals surface area contributed by atoms with Gasteiger partial charge in [0.05, 0.1) is 0 Å². The second-order valence-electron chi connectivity index (χ2n) is 9.24. The van der Waals surface area contributed by atoms with E-state index in [-0.39, 0.29) is 43.6 Å². The summed E-state index contributed by atoms with van der Waals surface area (Å²) >= 11 is 0. The van der Waals surface area contributed by atoms with E-state index in [9.17, 15) is 53.6 Å². The zero-order valence-corrected chi connectivity index (χ0v) is 23.8. The average molecular weight is 665 g/mol. The molecule has 6 rings (SSSR count). The molecule has 0 aliphatic heterocycles. The van der Waals surface area contributed by atoms with E-state index < -0.39 is 67.9 Å². The van der Waals surface area contributed by atoms with Crippen LogP contribution in [0.5, 0.6) is 11.5 Å². The molecule has 1 aromatic heterocycles. The Morgan fingerprint density at radius 1 is 0.614 bits per heavy atom. The predicted octanol–water partition coefficient (Wildman–Crippen LogP) is 3.23. The summed E-state index contributed by atoms with van der Waals surface area (Å²) in [7, 11) is -14.8. The standard InChI is InChI=1S/C16H10O10S3.C10H6O5/c17-11-5-12(27(18,19)20)8-3-4-10-14(29(24,25)26)6-13(28(21,22)23)9-2-1-7(11)15(8)16(9)10;11-6-2-1-5-3-7(9(12)13)10(14)15-8(5)4-6/h1-6,17H,(H,18,19,20)(H,21,22,23)(H,24,25,26);1-4,11H,(H,12,13). The third-order valence-corrected chi connectivity index (χ3v) is 9.23. The number of carboxylic acids is 1. The molecule has 0 atom stereocenters. The van der Waals surface area contributed by atoms with Crippen molar-refractivity contribution in [2.45, 2.75) is 14.7 Å². The molecule has 0 aliphatic carbocycles. The number of aromatic carboxylic acids is 1. The van der Waals surface area contributed by atoms with Crippen molar-refractivity contribution >= 4 is 79.6 Å². The summed E-state index contributed by atoms with van der Waals surface area (Å²) < 4.78 is 104. The summed E-state index contributed by atoms with van der Waals surface area (Å²) in [6, 6.07) is 11.4. The Morgan fingerprint density at radius 2 is 1.07 bits per heavy atom. The molecule has 0 saturated heterocycles. The van der Waals surface area contributed by atoms with Gasteiger partial charge >= 0.3 is 11.6 Å². The van der Waals surface area contributed by atoms with Crippen LogP contribution in [0, 0.1) is 0 Å². The van der Waals surface area contributed by atoms with Gasteiger partial charge in [-0.2, -0.15) is 25.3 Å². The van der Waals surface area contributed by atoms with Crippen LogP contribution in [0.4, 0.5) is 0 Å². The number of fused-ring (bicyclic) bond motifs is 1. The second kappa shape index (κ2) is 10.1. The first kappa shape index (κ1) is 30.6. The Hall–Kier alpha value is -4.85. The summed E-state index contributed by atoms with van der Waals surface area (Å²) in [5, 5.41) is 27.8. The van der Waals surface area contributed by atoms with Crippen molar-refractivity contribution in [2.75, 3.05) is 0 Å². The Kier molecular flexibility index (Phi) is 7.03. The molecular formula is C26H16O15S3. The van der Waals surface area contributed by atoms with Gasteiger partial charge in [-0.15, -0.1) is 0 Å². The van der Waals surface area contributed by atoms with Gasteiger partial charge in [-0.25, -0.2) is 9.59 Å². The van der Waals surface area contributed by atoms with Crippen molar-refractivity contribution in [2.24, 2.45) is 0 Å². The van der Waals surface area contributed by atoms with Crippen molar-refractivity contribution in [1.82, 2.24) is 0 Å². The Balaban J connectivity index is 0.000000215. The number of aromatic hydroxyl groups is 2. The van der Waals surface area contributed by atoms with Crippen molar-refractivity contribution in [3.8, 4) is 11.5 Å². The fourth-order valence-corrected chi connectivity index (χ4v) is 6.98. The highest BCUT2D eigenvalue weighted by Crippen LogP contribution is 2.44. The topological polar surface area (TPSA) is 271 Å². The van der Waals surface area contributed by atoms with Crippen LogP contribution in [0.15, 0.2) is 84.6 Å². The summed E-state index contributed by atoms with van der Waals surface area (Å²) in [5.41, 5.74) is -1.20. The third-order valence-electron chi connectivity index (χ3n) is 6.55. The lowest BCUT2D eigenvalue weighted by Gasteiger charge is -2.17. The largest absolute Gasteiger partial charge is 0.508 e. The van der Waals surface area contributed by atoms with Crippen LogP contribution in [0.3, 0.4) is 0 Å². The van der Waals surface area contributed by atoms with Crippen LogP contribution in [0.1, 0.15) is 10.4 Å². The van der Waals surface area contributed by atoms with E-state index >= 15 is 0 Å². The zero-order valence-electron chi connectivity index (χ0n) is 21.4. The molecule has 0 unspecified atom stereocenters. The van der Waals surface area contributed by atoms with Crippen LogP contribution < -0.4 is 5.63 Å². The molecule has 228 valence electrons. The van der Waals surface area contributed by atoms with Crippen LogP contribution in [-0.4, -0.2) is 60.2 Å². The maximum Gasteiger partial charge on any atom is 0.351 e. The zero-order chi connectivity index (χ0) is 32.5. The lowest BCUT2D eigenvalue weighted by molar-refractivity contribution is 0.0692. The van der Waals surface area contributed by atoms with Crippen molar-refractivity contribution in [3.05, 3.63) is 76.6 Å². The van der Waals surface area contributed by atoms with E-state index in [1.54, 1.807) is 0 Å². The van der Waals surface area contributed by atoms with Gasteiger partial charge in [0.1, 0.15) is 37.3 Å². The molecule has 0 aliphatic rings. The lowest BCUT2D eigenvalue weighted by atomic mass is 9.94. The highest BCUT2D eigenvalue weighted by atomic mass is 32.2. The maximum atomic E-state index is 11.8. The van der Waals surface area contributed by atoms with Crippen LogP contribution in [0.2, 0.25) is 0 Å². The molecule has 6 N–H and O–H groups in total. The van der Waals surface area contributed by atoms with E-state index in [0.29, 0.717) is 11.5 Å². The molecule has 1 heterocycles. The molecule has 6 aromatic rings. The van der Waals surface area contributed by atoms with E-state index in [2.05, 4.69) is 0 Å². The summed E-state index contributed by atoms with van der Waals surface area (Å²) in [6.45, 7) is 0. The minimum Gasteiger partial charge on any atom is -0.508 e. The Labute approximate surface area is 245 Å². The Morgan fingerprint density at radius 3 is 1.55 bits per heavy atom. The monoisotopic (exact) mass is 664 g/mol. The number of hydrogen-bond acceptors (Lipinski definition) is 11. The molecule has 0 saturated carbocycles. The molecular weight excluding hydrogens is 648 g/mol. The van der Waals surface area contributed by atoms with Crippen LogP contribution in [-0.2, 0) is 30.4 Å². The normalized spacial score (nSPS) is 12.5. The minimum atomic E-state index is -4.96. The van der Waals surface area contributed by atoms with E-state index in [1.807, 2.05) is 0 Å². The fraction of sp³-hybridized carbons (Fsp3) is 0. The first-order valence-corrected chi connectivity index (χ1v) is 16.0. The van der Waals surface area contributed by atoms with Gasteiger partial charge in [0.15, 0.2) is 0 Å². The van der Waals surface area contributed by atoms with Gasteiger partial charge in [0.2, 0.25) is 0 Å². The predicted molar refractivity (Wildman–Crippen MR) is 152 cm³/mol. The molecule has 15 nitrogen and oxygen atoms in total. The molecule has 0 amide bonds. The van der Waals surface area contributed by atoms with Crippen molar-refractivity contribution in [1.29, 1.82) is 0 Å². The molecule has 5 aromatic carbocycles. The molecule has 0 fully saturated rings. The molecule has 0 bridgehead atoms. The molecule has 0 radical (unpaired) electrons. The second-order valence-corrected chi connectivity index (χ2v) is 13.4. The summed E-state index contributed by atoms with van der Waals surface area (Å²) in [4.78, 5) is 19.4. The van der Waals surface area contributed by atoms with Gasteiger partial charge in [-0.3, -0.25) is 13.7 Å². The Bertz CT molecular complexity index is 2530. The van der Waals surface area contributed by atoms with Crippen LogP contribution >= 0.6 is 0 Å². The highest BCUT2D eigenvalue weighted by Gasteiger charge is 2.27. The SMILES string of the molecule is O=C(O)c1cc2ccc(O)cc2oc1=O.O=S(=O)(O)c1cc(O)c2ccc3c(S(=O)(=O)O)cc(S(=O)(=O)O)c4ccc1c2c34. The first-order chi connectivity index (χ1) is 20.3. The van der Waals surface area contributed by atoms with Crippen molar-refractivity contribution < 1.29 is 63.4 Å². The minimum absolute atomic E-state index is 0.0271. The van der Waals surface area contributed by atoms with Gasteiger partial charge in [-0.1, -0.05) is 18.2 Å². The molecule has 44 heavy (non-hydrogen) atoms.